The van der Waals surface area contributed by atoms with Gasteiger partial charge in [0, 0.05) is 19.6 Å². The lowest BCUT2D eigenvalue weighted by Crippen LogP contribution is -2.53. The summed E-state index contributed by atoms with van der Waals surface area (Å²) in [7, 11) is 0. The summed E-state index contributed by atoms with van der Waals surface area (Å²) < 4.78 is 48.5. The van der Waals surface area contributed by atoms with E-state index >= 15 is 0 Å². The largest absolute Gasteiger partial charge is 0.433 e. The Balaban J connectivity index is 1.65. The standard InChI is InChI=1S/C15H18F3N3O3/c16-15(17,18)13-2-1-11(9-19-13)21-5-8-24-12(10-21)14(22)20-3-6-23-7-4-20/h1-2,9,12H,3-8,10H2. The summed E-state index contributed by atoms with van der Waals surface area (Å²) in [6.07, 6.45) is -3.90. The van der Waals surface area contributed by atoms with Gasteiger partial charge in [0.25, 0.3) is 5.91 Å². The molecule has 0 saturated carbocycles. The third kappa shape index (κ3) is 3.78. The average Bonchev–Trinajstić information content (AvgIpc) is 2.61. The SMILES string of the molecule is O=C(C1CN(c2ccc(C(F)(F)F)nc2)CCO1)N1CCOCC1. The van der Waals surface area contributed by atoms with Crippen molar-refractivity contribution < 1.29 is 27.4 Å². The van der Waals surface area contributed by atoms with E-state index in [0.29, 0.717) is 51.7 Å². The van der Waals surface area contributed by atoms with Crippen molar-refractivity contribution in [2.45, 2.75) is 12.3 Å². The van der Waals surface area contributed by atoms with Crippen LogP contribution in [0.1, 0.15) is 5.69 Å². The first-order valence-electron chi connectivity index (χ1n) is 7.71. The van der Waals surface area contributed by atoms with Crippen LogP contribution in [0.3, 0.4) is 0 Å². The van der Waals surface area contributed by atoms with E-state index in [1.807, 2.05) is 4.90 Å². The molecule has 0 radical (unpaired) electrons. The zero-order valence-electron chi connectivity index (χ0n) is 13.0. The Hall–Kier alpha value is -1.87. The number of hydrogen-bond acceptors (Lipinski definition) is 5. The Labute approximate surface area is 137 Å². The van der Waals surface area contributed by atoms with Crippen molar-refractivity contribution in [2.24, 2.45) is 0 Å². The number of carbonyl (C=O) groups excluding carboxylic acids is 1. The summed E-state index contributed by atoms with van der Waals surface area (Å²) in [5.74, 6) is -0.108. The molecular weight excluding hydrogens is 327 g/mol. The molecular formula is C15H18F3N3O3. The molecule has 1 atom stereocenters. The van der Waals surface area contributed by atoms with E-state index in [2.05, 4.69) is 4.98 Å². The summed E-state index contributed by atoms with van der Waals surface area (Å²) in [5, 5.41) is 0. The van der Waals surface area contributed by atoms with E-state index in [1.165, 1.54) is 12.3 Å². The summed E-state index contributed by atoms with van der Waals surface area (Å²) in [6.45, 7) is 3.20. The summed E-state index contributed by atoms with van der Waals surface area (Å²) >= 11 is 0. The molecule has 9 heteroatoms. The van der Waals surface area contributed by atoms with Gasteiger partial charge in [-0.3, -0.25) is 4.79 Å². The predicted octanol–water partition coefficient (Wildman–Crippen LogP) is 1.16. The van der Waals surface area contributed by atoms with Crippen molar-refractivity contribution >= 4 is 11.6 Å². The smallest absolute Gasteiger partial charge is 0.378 e. The molecule has 3 rings (SSSR count). The third-order valence-corrected chi connectivity index (χ3v) is 4.07. The number of nitrogens with zero attached hydrogens (tertiary/aromatic N) is 3. The molecule has 1 aromatic heterocycles. The molecule has 2 fully saturated rings. The summed E-state index contributed by atoms with van der Waals surface area (Å²) in [5.41, 5.74) is -0.383. The van der Waals surface area contributed by atoms with E-state index in [9.17, 15) is 18.0 Å². The normalized spacial score (nSPS) is 22.5. The fourth-order valence-corrected chi connectivity index (χ4v) is 2.76. The monoisotopic (exact) mass is 345 g/mol. The number of morpholine rings is 2. The van der Waals surface area contributed by atoms with Crippen LogP contribution < -0.4 is 4.90 Å². The Morgan fingerprint density at radius 3 is 2.54 bits per heavy atom. The number of carbonyl (C=O) groups is 1. The van der Waals surface area contributed by atoms with Crippen LogP contribution in [0.4, 0.5) is 18.9 Å². The highest BCUT2D eigenvalue weighted by Gasteiger charge is 2.34. The quantitative estimate of drug-likeness (QED) is 0.805. The van der Waals surface area contributed by atoms with Gasteiger partial charge in [0.05, 0.1) is 38.2 Å². The highest BCUT2D eigenvalue weighted by atomic mass is 19.4. The van der Waals surface area contributed by atoms with Gasteiger partial charge >= 0.3 is 6.18 Å². The minimum absolute atomic E-state index is 0.108. The number of ether oxygens (including phenoxy) is 2. The number of rotatable bonds is 2. The van der Waals surface area contributed by atoms with Gasteiger partial charge in [-0.2, -0.15) is 13.2 Å². The number of aromatic nitrogens is 1. The maximum atomic E-state index is 12.6. The molecule has 0 spiro atoms. The molecule has 6 nitrogen and oxygen atoms in total. The highest BCUT2D eigenvalue weighted by molar-refractivity contribution is 5.82. The van der Waals surface area contributed by atoms with Gasteiger partial charge in [-0.1, -0.05) is 0 Å². The van der Waals surface area contributed by atoms with E-state index in [-0.39, 0.29) is 5.91 Å². The van der Waals surface area contributed by atoms with Gasteiger partial charge in [-0.05, 0) is 12.1 Å². The van der Waals surface area contributed by atoms with Gasteiger partial charge in [0.2, 0.25) is 0 Å². The van der Waals surface area contributed by atoms with Crippen LogP contribution in [0.2, 0.25) is 0 Å². The lowest BCUT2D eigenvalue weighted by atomic mass is 10.2. The molecule has 132 valence electrons. The van der Waals surface area contributed by atoms with E-state index in [1.54, 1.807) is 4.90 Å². The molecule has 2 aliphatic rings. The molecule has 2 saturated heterocycles. The second-order valence-corrected chi connectivity index (χ2v) is 5.64. The Kier molecular flexibility index (Phi) is 4.91. The number of alkyl halides is 3. The zero-order chi connectivity index (χ0) is 17.2. The lowest BCUT2D eigenvalue weighted by molar-refractivity contribution is -0.148. The van der Waals surface area contributed by atoms with Crippen LogP contribution in [0.15, 0.2) is 18.3 Å². The molecule has 0 aromatic carbocycles. The summed E-state index contributed by atoms with van der Waals surface area (Å²) in [4.78, 5) is 19.5. The first kappa shape index (κ1) is 17.0. The fraction of sp³-hybridized carbons (Fsp3) is 0.600. The topological polar surface area (TPSA) is 54.9 Å². The molecule has 24 heavy (non-hydrogen) atoms. The first-order valence-corrected chi connectivity index (χ1v) is 7.71. The maximum Gasteiger partial charge on any atom is 0.433 e. The van der Waals surface area contributed by atoms with E-state index in [0.717, 1.165) is 6.07 Å². The van der Waals surface area contributed by atoms with Crippen LogP contribution >= 0.6 is 0 Å². The van der Waals surface area contributed by atoms with Crippen molar-refractivity contribution in [1.82, 2.24) is 9.88 Å². The Morgan fingerprint density at radius 2 is 1.92 bits per heavy atom. The van der Waals surface area contributed by atoms with E-state index < -0.39 is 18.0 Å². The van der Waals surface area contributed by atoms with Crippen LogP contribution in [0.5, 0.6) is 0 Å². The van der Waals surface area contributed by atoms with Gasteiger partial charge in [0.15, 0.2) is 6.10 Å². The fourth-order valence-electron chi connectivity index (χ4n) is 2.76. The molecule has 1 aromatic rings. The van der Waals surface area contributed by atoms with Gasteiger partial charge in [-0.15, -0.1) is 0 Å². The van der Waals surface area contributed by atoms with Crippen molar-refractivity contribution in [1.29, 1.82) is 0 Å². The molecule has 1 amide bonds. The molecule has 3 heterocycles. The molecule has 1 unspecified atom stereocenters. The van der Waals surface area contributed by atoms with E-state index in [4.69, 9.17) is 9.47 Å². The number of anilines is 1. The highest BCUT2D eigenvalue weighted by Crippen LogP contribution is 2.28. The third-order valence-electron chi connectivity index (χ3n) is 4.07. The van der Waals surface area contributed by atoms with Crippen LogP contribution in [-0.2, 0) is 20.4 Å². The predicted molar refractivity (Wildman–Crippen MR) is 78.6 cm³/mol. The second-order valence-electron chi connectivity index (χ2n) is 5.64. The van der Waals surface area contributed by atoms with Gasteiger partial charge in [0.1, 0.15) is 5.69 Å². The van der Waals surface area contributed by atoms with Crippen LogP contribution in [0.25, 0.3) is 0 Å². The summed E-state index contributed by atoms with van der Waals surface area (Å²) in [6, 6.07) is 2.32. The van der Waals surface area contributed by atoms with Crippen molar-refractivity contribution in [3.63, 3.8) is 0 Å². The number of hydrogen-bond donors (Lipinski definition) is 0. The molecule has 0 aliphatic carbocycles. The van der Waals surface area contributed by atoms with Crippen molar-refractivity contribution in [3.05, 3.63) is 24.0 Å². The molecule has 0 bridgehead atoms. The first-order chi connectivity index (χ1) is 11.4. The Bertz CT molecular complexity index is 574. The number of pyridine rings is 1. The van der Waals surface area contributed by atoms with Gasteiger partial charge in [-0.25, -0.2) is 4.98 Å². The number of halogens is 3. The minimum atomic E-state index is -4.46. The number of amides is 1. The molecule has 0 N–H and O–H groups in total. The van der Waals surface area contributed by atoms with Crippen molar-refractivity contribution in [3.8, 4) is 0 Å². The van der Waals surface area contributed by atoms with Crippen molar-refractivity contribution in [2.75, 3.05) is 50.9 Å². The van der Waals surface area contributed by atoms with Crippen LogP contribution in [-0.4, -0.2) is 67.9 Å². The zero-order valence-corrected chi connectivity index (χ0v) is 13.0. The Morgan fingerprint density at radius 1 is 1.17 bits per heavy atom. The molecule has 2 aliphatic heterocycles. The second kappa shape index (κ2) is 6.94. The van der Waals surface area contributed by atoms with Gasteiger partial charge < -0.3 is 19.3 Å². The minimum Gasteiger partial charge on any atom is -0.378 e. The lowest BCUT2D eigenvalue weighted by Gasteiger charge is -2.37. The van der Waals surface area contributed by atoms with Crippen LogP contribution in [0, 0.1) is 0 Å². The maximum absolute atomic E-state index is 12.6. The average molecular weight is 345 g/mol.